The molecule has 1 aromatic heterocycles. The maximum atomic E-state index is 12.7. The minimum absolute atomic E-state index is 0.00777. The van der Waals surface area contributed by atoms with Crippen LogP contribution in [0.1, 0.15) is 52.6 Å². The summed E-state index contributed by atoms with van der Waals surface area (Å²) in [6.45, 7) is 0. The number of thioether (sulfide) groups is 1. The van der Waals surface area contributed by atoms with Gasteiger partial charge in [0.25, 0.3) is 5.91 Å². The average Bonchev–Trinajstić information content (AvgIpc) is 2.99. The number of amides is 1. The van der Waals surface area contributed by atoms with Gasteiger partial charge in [0.2, 0.25) is 0 Å². The number of rotatable bonds is 2. The number of H-pyrrole nitrogens is 1. The second kappa shape index (κ2) is 6.21. The van der Waals surface area contributed by atoms with E-state index in [9.17, 15) is 4.79 Å². The molecule has 2 aliphatic rings. The molecule has 1 aliphatic carbocycles. The van der Waals surface area contributed by atoms with Crippen molar-refractivity contribution in [3.63, 3.8) is 0 Å². The molecular weight excluding hydrogens is 330 g/mol. The topological polar surface area (TPSA) is 57.8 Å². The van der Waals surface area contributed by atoms with Gasteiger partial charge in [-0.15, -0.1) is 11.8 Å². The van der Waals surface area contributed by atoms with Crippen LogP contribution in [-0.4, -0.2) is 21.9 Å². The fourth-order valence-electron chi connectivity index (χ4n) is 3.41. The molecule has 2 heterocycles. The highest BCUT2D eigenvalue weighted by molar-refractivity contribution is 7.99. The molecular formula is C17H18ClN3OS. The van der Waals surface area contributed by atoms with Crippen LogP contribution < -0.4 is 5.32 Å². The molecule has 0 saturated heterocycles. The number of halogens is 1. The monoisotopic (exact) mass is 347 g/mol. The van der Waals surface area contributed by atoms with Crippen molar-refractivity contribution in [2.75, 3.05) is 5.75 Å². The summed E-state index contributed by atoms with van der Waals surface area (Å²) < 4.78 is 0. The smallest absolute Gasteiger partial charge is 0.272 e. The zero-order valence-electron chi connectivity index (χ0n) is 12.7. The van der Waals surface area contributed by atoms with Crippen LogP contribution in [0.15, 0.2) is 23.1 Å². The highest BCUT2D eigenvalue weighted by Crippen LogP contribution is 2.37. The first kappa shape index (κ1) is 15.1. The Balaban J connectivity index is 1.58. The summed E-state index contributed by atoms with van der Waals surface area (Å²) in [5, 5.41) is 11.2. The van der Waals surface area contributed by atoms with Gasteiger partial charge in [-0.1, -0.05) is 11.6 Å². The van der Waals surface area contributed by atoms with Crippen molar-refractivity contribution in [3.8, 4) is 0 Å². The molecule has 23 heavy (non-hydrogen) atoms. The van der Waals surface area contributed by atoms with E-state index in [0.29, 0.717) is 10.7 Å². The fourth-order valence-corrected chi connectivity index (χ4v) is 4.70. The molecule has 1 amide bonds. The second-order valence-electron chi connectivity index (χ2n) is 6.08. The zero-order chi connectivity index (χ0) is 15.8. The molecule has 0 spiro atoms. The molecule has 1 atom stereocenters. The molecule has 2 N–H and O–H groups in total. The van der Waals surface area contributed by atoms with Gasteiger partial charge in [0.1, 0.15) is 0 Å². The Morgan fingerprint density at radius 3 is 3.13 bits per heavy atom. The highest BCUT2D eigenvalue weighted by Gasteiger charge is 2.26. The van der Waals surface area contributed by atoms with Crippen LogP contribution in [0, 0.1) is 0 Å². The summed E-state index contributed by atoms with van der Waals surface area (Å²) in [6.07, 6.45) is 5.15. The Labute approximate surface area is 144 Å². The number of nitrogens with one attached hydrogen (secondary N) is 2. The third-order valence-electron chi connectivity index (χ3n) is 4.59. The molecule has 1 aromatic carbocycles. The van der Waals surface area contributed by atoms with Crippen LogP contribution in [0.3, 0.4) is 0 Å². The number of aromatic amines is 1. The van der Waals surface area contributed by atoms with E-state index in [1.54, 1.807) is 0 Å². The van der Waals surface area contributed by atoms with Gasteiger partial charge in [0.15, 0.2) is 5.69 Å². The van der Waals surface area contributed by atoms with Crippen molar-refractivity contribution in [3.05, 3.63) is 45.7 Å². The Morgan fingerprint density at radius 1 is 1.35 bits per heavy atom. The third kappa shape index (κ3) is 2.88. The number of hydrogen-bond donors (Lipinski definition) is 2. The lowest BCUT2D eigenvalue weighted by Crippen LogP contribution is -2.31. The van der Waals surface area contributed by atoms with E-state index >= 15 is 0 Å². The summed E-state index contributed by atoms with van der Waals surface area (Å²) in [5.74, 6) is 0.922. The summed E-state index contributed by atoms with van der Waals surface area (Å²) in [5.41, 5.74) is 3.92. The highest BCUT2D eigenvalue weighted by atomic mass is 35.5. The molecule has 0 radical (unpaired) electrons. The van der Waals surface area contributed by atoms with E-state index in [1.165, 1.54) is 11.3 Å². The summed E-state index contributed by atoms with van der Waals surface area (Å²) in [7, 11) is 0. The van der Waals surface area contributed by atoms with Gasteiger partial charge in [-0.2, -0.15) is 5.10 Å². The predicted octanol–water partition coefficient (Wildman–Crippen LogP) is 3.91. The SMILES string of the molecule is O=C(NC1CCSc2ccc(Cl)cc21)c1n[nH]c2c1CCCC2. The molecule has 120 valence electrons. The van der Waals surface area contributed by atoms with Gasteiger partial charge in [-0.25, -0.2) is 0 Å². The van der Waals surface area contributed by atoms with Crippen LogP contribution in [0.4, 0.5) is 0 Å². The molecule has 0 bridgehead atoms. The predicted molar refractivity (Wildman–Crippen MR) is 92.2 cm³/mol. The molecule has 4 rings (SSSR count). The summed E-state index contributed by atoms with van der Waals surface area (Å²) in [4.78, 5) is 13.9. The Morgan fingerprint density at radius 2 is 2.22 bits per heavy atom. The fraction of sp³-hybridized carbons (Fsp3) is 0.412. The minimum atomic E-state index is -0.0766. The van der Waals surface area contributed by atoms with Gasteiger partial charge in [-0.3, -0.25) is 9.89 Å². The lowest BCUT2D eigenvalue weighted by Gasteiger charge is -2.26. The number of aromatic nitrogens is 2. The Kier molecular flexibility index (Phi) is 4.07. The maximum absolute atomic E-state index is 12.7. The minimum Gasteiger partial charge on any atom is -0.344 e. The Bertz CT molecular complexity index is 758. The number of benzene rings is 1. The number of aryl methyl sites for hydroxylation is 1. The average molecular weight is 348 g/mol. The lowest BCUT2D eigenvalue weighted by molar-refractivity contribution is 0.0929. The van der Waals surface area contributed by atoms with E-state index in [2.05, 4.69) is 15.5 Å². The number of carbonyl (C=O) groups is 1. The molecule has 1 unspecified atom stereocenters. The number of carbonyl (C=O) groups excluding carboxylic acids is 1. The molecule has 1 aliphatic heterocycles. The third-order valence-corrected chi connectivity index (χ3v) is 5.95. The number of fused-ring (bicyclic) bond motifs is 2. The van der Waals surface area contributed by atoms with E-state index in [-0.39, 0.29) is 11.9 Å². The van der Waals surface area contributed by atoms with E-state index in [4.69, 9.17) is 11.6 Å². The van der Waals surface area contributed by atoms with E-state index < -0.39 is 0 Å². The first-order valence-corrected chi connectivity index (χ1v) is 9.38. The van der Waals surface area contributed by atoms with Gasteiger partial charge in [0, 0.05) is 26.9 Å². The van der Waals surface area contributed by atoms with Crippen molar-refractivity contribution in [2.24, 2.45) is 0 Å². The number of nitrogens with zero attached hydrogens (tertiary/aromatic N) is 1. The van der Waals surface area contributed by atoms with Crippen LogP contribution in [-0.2, 0) is 12.8 Å². The Hall–Kier alpha value is -1.46. The van der Waals surface area contributed by atoms with Crippen molar-refractivity contribution >= 4 is 29.3 Å². The van der Waals surface area contributed by atoms with Crippen LogP contribution >= 0.6 is 23.4 Å². The van der Waals surface area contributed by atoms with Crippen molar-refractivity contribution in [1.82, 2.24) is 15.5 Å². The van der Waals surface area contributed by atoms with Gasteiger partial charge >= 0.3 is 0 Å². The first-order valence-electron chi connectivity index (χ1n) is 8.01. The van der Waals surface area contributed by atoms with Gasteiger partial charge < -0.3 is 5.32 Å². The lowest BCUT2D eigenvalue weighted by atomic mass is 9.95. The molecule has 0 saturated carbocycles. The van der Waals surface area contributed by atoms with E-state index in [0.717, 1.165) is 48.3 Å². The van der Waals surface area contributed by atoms with Gasteiger partial charge in [-0.05, 0) is 55.9 Å². The van der Waals surface area contributed by atoms with Crippen molar-refractivity contribution in [2.45, 2.75) is 43.0 Å². The van der Waals surface area contributed by atoms with Crippen LogP contribution in [0.25, 0.3) is 0 Å². The maximum Gasteiger partial charge on any atom is 0.272 e. The molecule has 6 heteroatoms. The number of hydrogen-bond acceptors (Lipinski definition) is 3. The molecule has 0 fully saturated rings. The zero-order valence-corrected chi connectivity index (χ0v) is 14.3. The van der Waals surface area contributed by atoms with Crippen LogP contribution in [0.2, 0.25) is 5.02 Å². The van der Waals surface area contributed by atoms with Crippen molar-refractivity contribution < 1.29 is 4.79 Å². The summed E-state index contributed by atoms with van der Waals surface area (Å²) >= 11 is 7.95. The van der Waals surface area contributed by atoms with Gasteiger partial charge in [0.05, 0.1) is 6.04 Å². The summed E-state index contributed by atoms with van der Waals surface area (Å²) in [6, 6.07) is 5.92. The first-order chi connectivity index (χ1) is 11.2. The van der Waals surface area contributed by atoms with Crippen molar-refractivity contribution in [1.29, 1.82) is 0 Å². The largest absolute Gasteiger partial charge is 0.344 e. The normalized spacial score (nSPS) is 19.8. The molecule has 4 nitrogen and oxygen atoms in total. The van der Waals surface area contributed by atoms with Crippen LogP contribution in [0.5, 0.6) is 0 Å². The quantitative estimate of drug-likeness (QED) is 0.866. The second-order valence-corrected chi connectivity index (χ2v) is 7.65. The standard InChI is InChI=1S/C17H18ClN3OS/c18-10-5-6-15-12(9-10)13(7-8-23-15)19-17(22)16-11-3-1-2-4-14(11)20-21-16/h5-6,9,13H,1-4,7-8H2,(H,19,22)(H,20,21). The molecule has 2 aromatic rings. The van der Waals surface area contributed by atoms with E-state index in [1.807, 2.05) is 30.0 Å².